The molecule has 1 atom stereocenters. The lowest BCUT2D eigenvalue weighted by atomic mass is 9.74. The Labute approximate surface area is 193 Å². The van der Waals surface area contributed by atoms with Gasteiger partial charge in [-0.2, -0.15) is 0 Å². The summed E-state index contributed by atoms with van der Waals surface area (Å²) < 4.78 is 1.85. The quantitative estimate of drug-likeness (QED) is 0.525. The van der Waals surface area contributed by atoms with Crippen LogP contribution in [0, 0.1) is 6.92 Å². The van der Waals surface area contributed by atoms with Gasteiger partial charge >= 0.3 is 0 Å². The summed E-state index contributed by atoms with van der Waals surface area (Å²) in [6.45, 7) is 2.43. The van der Waals surface area contributed by atoms with Crippen LogP contribution in [0.2, 0.25) is 0 Å². The minimum absolute atomic E-state index is 0.0223. The minimum atomic E-state index is -1.22. The lowest BCUT2D eigenvalue weighted by Crippen LogP contribution is -2.43. The summed E-state index contributed by atoms with van der Waals surface area (Å²) >= 11 is 0. The number of carbonyl (C=O) groups excluding carboxylic acids is 3. The number of imidazole rings is 1. The number of carbonyl (C=O) groups is 3. The summed E-state index contributed by atoms with van der Waals surface area (Å²) in [5.41, 5.74) is 1.28. The van der Waals surface area contributed by atoms with Gasteiger partial charge in [0.2, 0.25) is 17.7 Å². The molecule has 0 spiro atoms. The number of likely N-dealkylation sites (tertiary alicyclic amines) is 1. The Morgan fingerprint density at radius 3 is 2.45 bits per heavy atom. The van der Waals surface area contributed by atoms with Crippen LogP contribution in [0.3, 0.4) is 0 Å². The van der Waals surface area contributed by atoms with Gasteiger partial charge in [0.25, 0.3) is 0 Å². The SMILES string of the molecule is Cc1ccccc1C1(CC(=O)N(C)Cc2nccn2C)CC(=O)N(Cc2ccccc2)C1=O. The molecule has 33 heavy (non-hydrogen) atoms. The van der Waals surface area contributed by atoms with Gasteiger partial charge < -0.3 is 9.47 Å². The van der Waals surface area contributed by atoms with Gasteiger partial charge in [-0.25, -0.2) is 4.98 Å². The second-order valence-electron chi connectivity index (χ2n) is 8.73. The van der Waals surface area contributed by atoms with Crippen LogP contribution in [0.15, 0.2) is 67.0 Å². The number of nitrogens with zero attached hydrogens (tertiary/aromatic N) is 4. The maximum Gasteiger partial charge on any atom is 0.241 e. The van der Waals surface area contributed by atoms with Crippen molar-refractivity contribution in [2.45, 2.75) is 38.3 Å². The highest BCUT2D eigenvalue weighted by Gasteiger charge is 2.54. The molecule has 1 aliphatic rings. The second kappa shape index (κ2) is 9.02. The summed E-state index contributed by atoms with van der Waals surface area (Å²) in [6, 6.07) is 16.9. The highest BCUT2D eigenvalue weighted by atomic mass is 16.2. The summed E-state index contributed by atoms with van der Waals surface area (Å²) in [5, 5.41) is 0. The lowest BCUT2D eigenvalue weighted by Gasteiger charge is -2.30. The number of hydrogen-bond acceptors (Lipinski definition) is 4. The first kappa shape index (κ1) is 22.5. The molecular weight excluding hydrogens is 416 g/mol. The normalized spacial score (nSPS) is 18.1. The number of amides is 3. The predicted octanol–water partition coefficient (Wildman–Crippen LogP) is 2.97. The molecule has 0 N–H and O–H groups in total. The number of imide groups is 1. The third kappa shape index (κ3) is 4.31. The average molecular weight is 445 g/mol. The monoisotopic (exact) mass is 444 g/mol. The van der Waals surface area contributed by atoms with Gasteiger partial charge in [-0.3, -0.25) is 19.3 Å². The smallest absolute Gasteiger partial charge is 0.241 e. The highest BCUT2D eigenvalue weighted by molar-refractivity contribution is 6.10. The standard InChI is InChI=1S/C26H28N4O3/c1-19-9-7-8-12-21(19)26(15-23(31)29(3)18-22-27-13-14-28(22)2)16-24(32)30(25(26)33)17-20-10-5-4-6-11-20/h4-14H,15-18H2,1-3H3. The Morgan fingerprint density at radius 2 is 1.79 bits per heavy atom. The first-order valence-corrected chi connectivity index (χ1v) is 11.0. The fourth-order valence-corrected chi connectivity index (χ4v) is 4.52. The Balaban J connectivity index is 1.66. The Bertz CT molecular complexity index is 1190. The summed E-state index contributed by atoms with van der Waals surface area (Å²) in [5.74, 6) is -0.0321. The van der Waals surface area contributed by atoms with Crippen LogP contribution in [-0.4, -0.2) is 44.1 Å². The molecule has 0 radical (unpaired) electrons. The molecule has 7 heteroatoms. The van der Waals surface area contributed by atoms with Crippen molar-refractivity contribution in [3.8, 4) is 0 Å². The highest BCUT2D eigenvalue weighted by Crippen LogP contribution is 2.42. The summed E-state index contributed by atoms with van der Waals surface area (Å²) in [7, 11) is 3.57. The minimum Gasteiger partial charge on any atom is -0.338 e. The van der Waals surface area contributed by atoms with Crippen LogP contribution in [0.1, 0.15) is 35.4 Å². The zero-order valence-electron chi connectivity index (χ0n) is 19.2. The number of aromatic nitrogens is 2. The van der Waals surface area contributed by atoms with E-state index in [2.05, 4.69) is 4.98 Å². The van der Waals surface area contributed by atoms with Gasteiger partial charge in [0.15, 0.2) is 0 Å². The van der Waals surface area contributed by atoms with E-state index in [1.54, 1.807) is 18.1 Å². The van der Waals surface area contributed by atoms with Crippen molar-refractivity contribution in [3.63, 3.8) is 0 Å². The molecular formula is C26H28N4O3. The van der Waals surface area contributed by atoms with Gasteiger partial charge in [-0.15, -0.1) is 0 Å². The van der Waals surface area contributed by atoms with Crippen LogP contribution in [0.5, 0.6) is 0 Å². The molecule has 1 aliphatic heterocycles. The van der Waals surface area contributed by atoms with Gasteiger partial charge in [0, 0.05) is 39.3 Å². The van der Waals surface area contributed by atoms with Gasteiger partial charge in [-0.05, 0) is 23.6 Å². The van der Waals surface area contributed by atoms with Crippen molar-refractivity contribution in [2.75, 3.05) is 7.05 Å². The van der Waals surface area contributed by atoms with E-state index in [-0.39, 0.29) is 37.1 Å². The molecule has 3 amide bonds. The maximum absolute atomic E-state index is 13.8. The number of hydrogen-bond donors (Lipinski definition) is 0. The van der Waals surface area contributed by atoms with Crippen molar-refractivity contribution in [3.05, 3.63) is 89.5 Å². The topological polar surface area (TPSA) is 75.5 Å². The first-order chi connectivity index (χ1) is 15.8. The molecule has 7 nitrogen and oxygen atoms in total. The number of benzene rings is 2. The molecule has 170 valence electrons. The molecule has 0 aliphatic carbocycles. The third-order valence-electron chi connectivity index (χ3n) is 6.43. The molecule has 4 rings (SSSR count). The van der Waals surface area contributed by atoms with Crippen molar-refractivity contribution in [2.24, 2.45) is 7.05 Å². The Kier molecular flexibility index (Phi) is 6.14. The van der Waals surface area contributed by atoms with E-state index in [0.717, 1.165) is 22.5 Å². The molecule has 3 aromatic rings. The Morgan fingerprint density at radius 1 is 1.09 bits per heavy atom. The molecule has 1 aromatic heterocycles. The lowest BCUT2D eigenvalue weighted by molar-refractivity contribution is -0.143. The zero-order chi connectivity index (χ0) is 23.6. The summed E-state index contributed by atoms with van der Waals surface area (Å²) in [4.78, 5) is 47.5. The van der Waals surface area contributed by atoms with Crippen molar-refractivity contribution in [1.82, 2.24) is 19.4 Å². The van der Waals surface area contributed by atoms with E-state index in [9.17, 15) is 14.4 Å². The predicted molar refractivity (Wildman–Crippen MR) is 124 cm³/mol. The number of aryl methyl sites for hydroxylation is 2. The largest absolute Gasteiger partial charge is 0.338 e. The number of rotatable bonds is 7. The van der Waals surface area contributed by atoms with Crippen LogP contribution in [0.25, 0.3) is 0 Å². The third-order valence-corrected chi connectivity index (χ3v) is 6.43. The van der Waals surface area contributed by atoms with Crippen molar-refractivity contribution >= 4 is 17.7 Å². The fraction of sp³-hybridized carbons (Fsp3) is 0.308. The molecule has 1 fully saturated rings. The van der Waals surface area contributed by atoms with Gasteiger partial charge in [0.1, 0.15) is 5.82 Å². The molecule has 1 unspecified atom stereocenters. The molecule has 0 saturated carbocycles. The fourth-order valence-electron chi connectivity index (χ4n) is 4.52. The van der Waals surface area contributed by atoms with E-state index in [1.807, 2.05) is 79.3 Å². The van der Waals surface area contributed by atoms with Crippen molar-refractivity contribution < 1.29 is 14.4 Å². The van der Waals surface area contributed by atoms with Crippen LogP contribution >= 0.6 is 0 Å². The molecule has 0 bridgehead atoms. The van der Waals surface area contributed by atoms with Crippen LogP contribution < -0.4 is 0 Å². The molecule has 1 saturated heterocycles. The van der Waals surface area contributed by atoms with Gasteiger partial charge in [0.05, 0.1) is 18.5 Å². The zero-order valence-corrected chi connectivity index (χ0v) is 19.2. The Hall–Kier alpha value is -3.74. The average Bonchev–Trinajstić information content (AvgIpc) is 3.30. The van der Waals surface area contributed by atoms with E-state index in [0.29, 0.717) is 6.54 Å². The maximum atomic E-state index is 13.8. The van der Waals surface area contributed by atoms with E-state index < -0.39 is 5.41 Å². The first-order valence-electron chi connectivity index (χ1n) is 11.0. The molecule has 2 aromatic carbocycles. The van der Waals surface area contributed by atoms with Gasteiger partial charge in [-0.1, -0.05) is 54.6 Å². The van der Waals surface area contributed by atoms with Crippen molar-refractivity contribution in [1.29, 1.82) is 0 Å². The van der Waals surface area contributed by atoms with E-state index in [4.69, 9.17) is 0 Å². The van der Waals surface area contributed by atoms with Crippen LogP contribution in [0.4, 0.5) is 0 Å². The second-order valence-corrected chi connectivity index (χ2v) is 8.73. The van der Waals surface area contributed by atoms with E-state index in [1.165, 1.54) is 4.90 Å². The van der Waals surface area contributed by atoms with Crippen LogP contribution in [-0.2, 0) is 39.9 Å². The summed E-state index contributed by atoms with van der Waals surface area (Å²) in [6.07, 6.45) is 3.41. The molecule has 2 heterocycles. The van der Waals surface area contributed by atoms with E-state index >= 15 is 0 Å².